The van der Waals surface area contributed by atoms with Crippen LogP contribution < -0.4 is 4.90 Å². The average Bonchev–Trinajstić information content (AvgIpc) is 3.11. The highest BCUT2D eigenvalue weighted by Crippen LogP contribution is 2.32. The molecule has 2 aromatic carbocycles. The molecular weight excluding hydrogens is 339 g/mol. The second-order valence-corrected chi connectivity index (χ2v) is 6.74. The number of para-hydroxylation sites is 1. The molecule has 0 saturated heterocycles. The molecule has 0 bridgehead atoms. The summed E-state index contributed by atoms with van der Waals surface area (Å²) in [5, 5.41) is 1.27. The van der Waals surface area contributed by atoms with Crippen molar-refractivity contribution in [3.8, 4) is 0 Å². The van der Waals surface area contributed by atoms with Crippen molar-refractivity contribution < 1.29 is 18.6 Å². The van der Waals surface area contributed by atoms with Crippen molar-refractivity contribution >= 4 is 35.1 Å². The van der Waals surface area contributed by atoms with Crippen molar-refractivity contribution in [3.05, 3.63) is 77.5 Å². The fraction of sp³-hybridized carbons (Fsp3) is 0.105. The van der Waals surface area contributed by atoms with E-state index in [4.69, 9.17) is 0 Å². The summed E-state index contributed by atoms with van der Waals surface area (Å²) < 4.78 is 15.8. The maximum absolute atomic E-state index is 14.2. The Balaban J connectivity index is 1.80. The van der Waals surface area contributed by atoms with Crippen LogP contribution >= 0.6 is 11.8 Å². The molecule has 2 aliphatic rings. The summed E-state index contributed by atoms with van der Waals surface area (Å²) in [6, 6.07) is 14.8. The molecular formula is C19H14FN2O2S+. The molecule has 0 radical (unpaired) electrons. The molecule has 124 valence electrons. The average molecular weight is 353 g/mol. The lowest BCUT2D eigenvalue weighted by molar-refractivity contribution is -0.444. The zero-order valence-corrected chi connectivity index (χ0v) is 13.9. The van der Waals surface area contributed by atoms with E-state index in [1.165, 1.54) is 30.0 Å². The molecule has 0 spiro atoms. The van der Waals surface area contributed by atoms with Crippen LogP contribution in [0.1, 0.15) is 5.56 Å². The van der Waals surface area contributed by atoms with Crippen molar-refractivity contribution in [1.29, 1.82) is 0 Å². The van der Waals surface area contributed by atoms with E-state index in [1.54, 1.807) is 22.1 Å². The van der Waals surface area contributed by atoms with E-state index < -0.39 is 23.0 Å². The van der Waals surface area contributed by atoms with Gasteiger partial charge >= 0.3 is 11.9 Å². The van der Waals surface area contributed by atoms with Crippen LogP contribution in [0.3, 0.4) is 0 Å². The van der Waals surface area contributed by atoms with Crippen molar-refractivity contribution in [1.82, 2.24) is 0 Å². The Hall–Kier alpha value is -2.73. The van der Waals surface area contributed by atoms with E-state index in [0.29, 0.717) is 12.3 Å². The SMILES string of the molecule is O=C1C2SC=CC2=[N+](Cc2ccccc2)C(=O)N1c1ccccc1F. The topological polar surface area (TPSA) is 40.4 Å². The Labute approximate surface area is 148 Å². The van der Waals surface area contributed by atoms with Crippen LogP contribution in [0.5, 0.6) is 0 Å². The number of thioether (sulfide) groups is 1. The van der Waals surface area contributed by atoms with Gasteiger partial charge in [0.1, 0.15) is 12.3 Å². The number of hydrogen-bond acceptors (Lipinski definition) is 3. The summed E-state index contributed by atoms with van der Waals surface area (Å²) >= 11 is 1.33. The number of amides is 3. The monoisotopic (exact) mass is 353 g/mol. The number of urea groups is 1. The molecule has 3 amide bonds. The molecule has 1 atom stereocenters. The molecule has 1 unspecified atom stereocenters. The number of carbonyl (C=O) groups is 2. The van der Waals surface area contributed by atoms with Gasteiger partial charge in [-0.3, -0.25) is 0 Å². The third-order valence-electron chi connectivity index (χ3n) is 4.18. The Morgan fingerprint density at radius 3 is 2.52 bits per heavy atom. The predicted octanol–water partition coefficient (Wildman–Crippen LogP) is 3.58. The van der Waals surface area contributed by atoms with Gasteiger partial charge in [0.25, 0.3) is 0 Å². The van der Waals surface area contributed by atoms with Gasteiger partial charge in [0.2, 0.25) is 0 Å². The number of imide groups is 1. The van der Waals surface area contributed by atoms with Gasteiger partial charge in [-0.15, -0.1) is 16.7 Å². The second kappa shape index (κ2) is 6.29. The number of rotatable bonds is 3. The Kier molecular flexibility index (Phi) is 3.97. The third kappa shape index (κ3) is 2.68. The minimum absolute atomic E-state index is 0.0119. The first-order chi connectivity index (χ1) is 12.2. The zero-order chi connectivity index (χ0) is 17.4. The summed E-state index contributed by atoms with van der Waals surface area (Å²) in [7, 11) is 0. The predicted molar refractivity (Wildman–Crippen MR) is 95.2 cm³/mol. The Morgan fingerprint density at radius 1 is 1.04 bits per heavy atom. The number of carbonyl (C=O) groups excluding carboxylic acids is 2. The molecule has 0 aliphatic carbocycles. The molecule has 4 nitrogen and oxygen atoms in total. The van der Waals surface area contributed by atoms with Crippen LogP contribution in [0, 0.1) is 5.82 Å². The maximum Gasteiger partial charge on any atom is 0.506 e. The number of fused-ring (bicyclic) bond motifs is 1. The lowest BCUT2D eigenvalue weighted by atomic mass is 10.1. The highest BCUT2D eigenvalue weighted by molar-refractivity contribution is 8.04. The van der Waals surface area contributed by atoms with E-state index in [9.17, 15) is 14.0 Å². The molecule has 25 heavy (non-hydrogen) atoms. The van der Waals surface area contributed by atoms with Gasteiger partial charge in [0.15, 0.2) is 16.8 Å². The molecule has 0 fully saturated rings. The van der Waals surface area contributed by atoms with Crippen molar-refractivity contribution in [2.45, 2.75) is 11.8 Å². The van der Waals surface area contributed by atoms with Gasteiger partial charge in [-0.2, -0.15) is 9.37 Å². The largest absolute Gasteiger partial charge is 0.506 e. The summed E-state index contributed by atoms with van der Waals surface area (Å²) in [5.41, 5.74) is 1.58. The molecule has 0 aromatic heterocycles. The van der Waals surface area contributed by atoms with Crippen molar-refractivity contribution in [2.24, 2.45) is 0 Å². The molecule has 0 N–H and O–H groups in total. The van der Waals surface area contributed by atoms with Crippen molar-refractivity contribution in [3.63, 3.8) is 0 Å². The fourth-order valence-electron chi connectivity index (χ4n) is 2.98. The van der Waals surface area contributed by atoms with Gasteiger partial charge in [0, 0.05) is 0 Å². The molecule has 2 aromatic rings. The minimum atomic E-state index is -0.594. The number of benzene rings is 2. The Morgan fingerprint density at radius 2 is 1.76 bits per heavy atom. The lowest BCUT2D eigenvalue weighted by Crippen LogP contribution is -2.55. The van der Waals surface area contributed by atoms with Gasteiger partial charge < -0.3 is 0 Å². The number of halogens is 1. The van der Waals surface area contributed by atoms with Gasteiger partial charge in [-0.25, -0.2) is 9.18 Å². The first kappa shape index (κ1) is 15.8. The summed E-state index contributed by atoms with van der Waals surface area (Å²) in [4.78, 5) is 26.8. The molecule has 6 heteroatoms. The maximum atomic E-state index is 14.2. The number of anilines is 1. The number of nitrogens with zero attached hydrogens (tertiary/aromatic N) is 2. The van der Waals surface area contributed by atoms with Crippen LogP contribution in [0.4, 0.5) is 14.9 Å². The van der Waals surface area contributed by atoms with Gasteiger partial charge in [-0.05, 0) is 29.2 Å². The normalized spacial score (nSPS) is 19.6. The first-order valence-electron chi connectivity index (χ1n) is 7.79. The van der Waals surface area contributed by atoms with E-state index in [2.05, 4.69) is 0 Å². The second-order valence-electron chi connectivity index (χ2n) is 5.72. The highest BCUT2D eigenvalue weighted by Gasteiger charge is 2.50. The van der Waals surface area contributed by atoms with E-state index >= 15 is 0 Å². The van der Waals surface area contributed by atoms with Crippen LogP contribution in [0.25, 0.3) is 0 Å². The van der Waals surface area contributed by atoms with E-state index in [0.717, 1.165) is 10.5 Å². The van der Waals surface area contributed by atoms with E-state index in [1.807, 2.05) is 30.3 Å². The summed E-state index contributed by atoms with van der Waals surface area (Å²) in [6.45, 7) is 0.328. The summed E-state index contributed by atoms with van der Waals surface area (Å²) in [5.74, 6) is -1.01. The number of allylic oxidation sites excluding steroid dienone is 1. The summed E-state index contributed by atoms with van der Waals surface area (Å²) in [6.07, 6.45) is 1.78. The smallest absolute Gasteiger partial charge is 0.244 e. The van der Waals surface area contributed by atoms with Gasteiger partial charge in [0.05, 0.1) is 0 Å². The third-order valence-corrected chi connectivity index (χ3v) is 5.19. The van der Waals surface area contributed by atoms with Crippen LogP contribution in [-0.2, 0) is 11.3 Å². The fourth-order valence-corrected chi connectivity index (χ4v) is 3.93. The van der Waals surface area contributed by atoms with Crippen LogP contribution in [0.2, 0.25) is 0 Å². The highest BCUT2D eigenvalue weighted by atomic mass is 32.2. The standard InChI is InChI=1S/C19H14FN2O2S/c20-14-8-4-5-9-15(14)22-18(23)17-16(10-11-25-17)21(19(22)24)12-13-6-2-1-3-7-13/h1-11,17H,12H2/q+1. The number of hydrogen-bond donors (Lipinski definition) is 0. The van der Waals surface area contributed by atoms with Crippen LogP contribution in [-0.4, -0.2) is 27.5 Å². The molecule has 2 aliphatic heterocycles. The minimum Gasteiger partial charge on any atom is -0.244 e. The molecule has 0 saturated carbocycles. The zero-order valence-electron chi connectivity index (χ0n) is 13.1. The Bertz CT molecular complexity index is 924. The quantitative estimate of drug-likeness (QED) is 0.792. The molecule has 2 heterocycles. The molecule has 4 rings (SSSR count). The lowest BCUT2D eigenvalue weighted by Gasteiger charge is -2.24. The van der Waals surface area contributed by atoms with E-state index in [-0.39, 0.29) is 5.69 Å². The van der Waals surface area contributed by atoms with Gasteiger partial charge in [-0.1, -0.05) is 42.5 Å². The van der Waals surface area contributed by atoms with Crippen molar-refractivity contribution in [2.75, 3.05) is 4.90 Å². The van der Waals surface area contributed by atoms with Crippen LogP contribution in [0.15, 0.2) is 66.1 Å². The first-order valence-corrected chi connectivity index (χ1v) is 8.74.